The minimum Gasteiger partial charge on any atom is -0.311 e. The largest absolute Gasteiger partial charge is 0.311 e. The van der Waals surface area contributed by atoms with Crippen LogP contribution >= 0.6 is 0 Å². The molecule has 0 unspecified atom stereocenters. The molecular weight excluding hydrogens is 282 g/mol. The van der Waals surface area contributed by atoms with Crippen LogP contribution in [0, 0.1) is 19.8 Å². The molecule has 1 aliphatic rings. The van der Waals surface area contributed by atoms with Crippen molar-refractivity contribution in [3.05, 3.63) is 35.7 Å². The van der Waals surface area contributed by atoms with E-state index in [1.165, 1.54) is 6.33 Å². The predicted molar refractivity (Wildman–Crippen MR) is 81.4 cm³/mol. The molecular formula is C15H17N5O2. The number of carbonyl (C=O) groups is 2. The number of benzene rings is 1. The lowest BCUT2D eigenvalue weighted by Gasteiger charge is -2.20. The number of carbonyl (C=O) groups excluding carboxylic acids is 2. The molecule has 0 aliphatic carbocycles. The number of amides is 2. The summed E-state index contributed by atoms with van der Waals surface area (Å²) in [6.45, 7) is 4.37. The molecule has 7 nitrogen and oxygen atoms in total. The highest BCUT2D eigenvalue weighted by atomic mass is 16.2. The van der Waals surface area contributed by atoms with E-state index in [-0.39, 0.29) is 18.2 Å². The molecule has 1 saturated heterocycles. The second-order valence-electron chi connectivity index (χ2n) is 5.45. The molecule has 0 bridgehead atoms. The summed E-state index contributed by atoms with van der Waals surface area (Å²) in [5.74, 6) is -0.357. The van der Waals surface area contributed by atoms with Gasteiger partial charge >= 0.3 is 0 Å². The van der Waals surface area contributed by atoms with Crippen LogP contribution in [0.5, 0.6) is 0 Å². The number of nitrogens with zero attached hydrogens (tertiary/aromatic N) is 3. The first kappa shape index (κ1) is 14.2. The maximum Gasteiger partial charge on any atom is 0.232 e. The van der Waals surface area contributed by atoms with Gasteiger partial charge in [-0.05, 0) is 31.0 Å². The summed E-state index contributed by atoms with van der Waals surface area (Å²) in [6, 6.07) is 5.84. The number of hydrogen-bond donors (Lipinski definition) is 2. The number of rotatable bonds is 3. The Morgan fingerprint density at radius 2 is 2.23 bits per heavy atom. The zero-order valence-corrected chi connectivity index (χ0v) is 12.5. The third-order valence-electron chi connectivity index (χ3n) is 4.02. The lowest BCUT2D eigenvalue weighted by atomic mass is 10.1. The molecule has 2 aromatic rings. The van der Waals surface area contributed by atoms with Crippen molar-refractivity contribution < 1.29 is 9.59 Å². The van der Waals surface area contributed by atoms with Crippen molar-refractivity contribution in [2.24, 2.45) is 5.92 Å². The first-order chi connectivity index (χ1) is 10.6. The van der Waals surface area contributed by atoms with Crippen molar-refractivity contribution in [3.63, 3.8) is 0 Å². The number of anilines is 2. The highest BCUT2D eigenvalue weighted by Crippen LogP contribution is 2.29. The van der Waals surface area contributed by atoms with Crippen LogP contribution in [0.4, 0.5) is 11.6 Å². The Hall–Kier alpha value is -2.70. The molecule has 1 fully saturated rings. The van der Waals surface area contributed by atoms with E-state index >= 15 is 0 Å². The van der Waals surface area contributed by atoms with Gasteiger partial charge in [-0.2, -0.15) is 10.1 Å². The topological polar surface area (TPSA) is 91.0 Å². The van der Waals surface area contributed by atoms with Crippen LogP contribution in [0.3, 0.4) is 0 Å². The SMILES string of the molecule is Cc1cccc(N2C[C@@H](C(=O)Nc3ncn[nH]3)CC2=O)c1C. The molecule has 0 saturated carbocycles. The number of aromatic nitrogens is 3. The number of hydrogen-bond acceptors (Lipinski definition) is 4. The number of aromatic amines is 1. The quantitative estimate of drug-likeness (QED) is 0.896. The van der Waals surface area contributed by atoms with Crippen molar-refractivity contribution in [2.45, 2.75) is 20.3 Å². The third-order valence-corrected chi connectivity index (χ3v) is 4.02. The van der Waals surface area contributed by atoms with E-state index in [1.54, 1.807) is 4.90 Å². The Bertz CT molecular complexity index is 711. The number of H-pyrrole nitrogens is 1. The summed E-state index contributed by atoms with van der Waals surface area (Å²) < 4.78 is 0. The van der Waals surface area contributed by atoms with Gasteiger partial charge < -0.3 is 4.90 Å². The maximum atomic E-state index is 12.3. The van der Waals surface area contributed by atoms with Crippen LogP contribution < -0.4 is 10.2 Å². The summed E-state index contributed by atoms with van der Waals surface area (Å²) in [7, 11) is 0. The normalized spacial score (nSPS) is 17.8. The van der Waals surface area contributed by atoms with Crippen molar-refractivity contribution in [1.82, 2.24) is 15.2 Å². The summed E-state index contributed by atoms with van der Waals surface area (Å²) in [5.41, 5.74) is 3.06. The zero-order valence-electron chi connectivity index (χ0n) is 12.5. The van der Waals surface area contributed by atoms with Gasteiger partial charge in [-0.1, -0.05) is 12.1 Å². The first-order valence-corrected chi connectivity index (χ1v) is 7.09. The summed E-state index contributed by atoms with van der Waals surface area (Å²) in [5, 5.41) is 8.88. The summed E-state index contributed by atoms with van der Waals surface area (Å²) in [6.07, 6.45) is 1.52. The Labute approximate surface area is 127 Å². The average Bonchev–Trinajstić information content (AvgIpc) is 3.12. The second kappa shape index (κ2) is 5.59. The van der Waals surface area contributed by atoms with E-state index in [9.17, 15) is 9.59 Å². The highest BCUT2D eigenvalue weighted by Gasteiger charge is 2.36. The molecule has 2 N–H and O–H groups in total. The molecule has 1 aromatic heterocycles. The fraction of sp³-hybridized carbons (Fsp3) is 0.333. The molecule has 1 aromatic carbocycles. The minimum absolute atomic E-state index is 0.0357. The van der Waals surface area contributed by atoms with E-state index in [0.29, 0.717) is 12.5 Å². The van der Waals surface area contributed by atoms with Crippen LogP contribution in [0.15, 0.2) is 24.5 Å². The second-order valence-corrected chi connectivity index (χ2v) is 5.45. The third kappa shape index (κ3) is 2.57. The zero-order chi connectivity index (χ0) is 15.7. The van der Waals surface area contributed by atoms with Crippen molar-refractivity contribution in [3.8, 4) is 0 Å². The Kier molecular flexibility index (Phi) is 3.62. The van der Waals surface area contributed by atoms with Gasteiger partial charge in [0.05, 0.1) is 5.92 Å². The Morgan fingerprint density at radius 3 is 2.95 bits per heavy atom. The maximum absolute atomic E-state index is 12.3. The van der Waals surface area contributed by atoms with E-state index in [1.807, 2.05) is 32.0 Å². The molecule has 0 spiro atoms. The number of nitrogens with one attached hydrogen (secondary N) is 2. The van der Waals surface area contributed by atoms with Gasteiger partial charge in [0.2, 0.25) is 17.8 Å². The Morgan fingerprint density at radius 1 is 1.41 bits per heavy atom. The molecule has 2 amide bonds. The fourth-order valence-electron chi connectivity index (χ4n) is 2.63. The molecule has 3 rings (SSSR count). The van der Waals surface area contributed by atoms with Gasteiger partial charge in [-0.25, -0.2) is 5.10 Å². The summed E-state index contributed by atoms with van der Waals surface area (Å²) in [4.78, 5) is 30.0. The van der Waals surface area contributed by atoms with Crippen molar-refractivity contribution in [2.75, 3.05) is 16.8 Å². The number of aryl methyl sites for hydroxylation is 1. The van der Waals surface area contributed by atoms with Gasteiger partial charge in [0.25, 0.3) is 0 Å². The monoisotopic (exact) mass is 299 g/mol. The van der Waals surface area contributed by atoms with Gasteiger partial charge in [-0.3, -0.25) is 14.9 Å². The van der Waals surface area contributed by atoms with Crippen LogP contribution in [0.1, 0.15) is 17.5 Å². The predicted octanol–water partition coefficient (Wildman–Crippen LogP) is 1.41. The minimum atomic E-state index is -0.391. The van der Waals surface area contributed by atoms with E-state index in [2.05, 4.69) is 20.5 Å². The molecule has 114 valence electrons. The highest BCUT2D eigenvalue weighted by molar-refractivity contribution is 6.03. The Balaban J connectivity index is 1.75. The molecule has 7 heteroatoms. The van der Waals surface area contributed by atoms with E-state index < -0.39 is 5.92 Å². The molecule has 1 aliphatic heterocycles. The van der Waals surface area contributed by atoms with Gasteiger partial charge in [0, 0.05) is 18.7 Å². The van der Waals surface area contributed by atoms with Gasteiger partial charge in [-0.15, -0.1) is 0 Å². The first-order valence-electron chi connectivity index (χ1n) is 7.09. The van der Waals surface area contributed by atoms with Crippen LogP contribution in [0.25, 0.3) is 0 Å². The molecule has 0 radical (unpaired) electrons. The lowest BCUT2D eigenvalue weighted by Crippen LogP contribution is -2.29. The fourth-order valence-corrected chi connectivity index (χ4v) is 2.63. The molecule has 22 heavy (non-hydrogen) atoms. The van der Waals surface area contributed by atoms with Crippen molar-refractivity contribution in [1.29, 1.82) is 0 Å². The smallest absolute Gasteiger partial charge is 0.232 e. The standard InChI is InChI=1S/C15H17N5O2/c1-9-4-3-5-12(10(9)2)20-7-11(6-13(20)21)14(22)18-15-16-8-17-19-15/h3-5,8,11H,6-7H2,1-2H3,(H2,16,17,18,19,22)/t11-/m0/s1. The summed E-state index contributed by atoms with van der Waals surface area (Å²) >= 11 is 0. The molecule has 1 atom stereocenters. The molecule has 2 heterocycles. The van der Waals surface area contributed by atoms with Gasteiger partial charge in [0.1, 0.15) is 6.33 Å². The average molecular weight is 299 g/mol. The van der Waals surface area contributed by atoms with Crippen LogP contribution in [-0.4, -0.2) is 33.5 Å². The van der Waals surface area contributed by atoms with Crippen LogP contribution in [0.2, 0.25) is 0 Å². The lowest BCUT2D eigenvalue weighted by molar-refractivity contribution is -0.122. The van der Waals surface area contributed by atoms with E-state index in [4.69, 9.17) is 0 Å². The van der Waals surface area contributed by atoms with Gasteiger partial charge in [0.15, 0.2) is 0 Å². The van der Waals surface area contributed by atoms with Crippen molar-refractivity contribution >= 4 is 23.5 Å². The van der Waals surface area contributed by atoms with Crippen LogP contribution in [-0.2, 0) is 9.59 Å². The van der Waals surface area contributed by atoms with E-state index in [0.717, 1.165) is 16.8 Å².